The summed E-state index contributed by atoms with van der Waals surface area (Å²) in [6, 6.07) is 9.02. The molecule has 25 heavy (non-hydrogen) atoms. The van der Waals surface area contributed by atoms with Crippen LogP contribution in [0.5, 0.6) is 0 Å². The third-order valence-electron chi connectivity index (χ3n) is 4.71. The van der Waals surface area contributed by atoms with Gasteiger partial charge in [-0.2, -0.15) is 0 Å². The van der Waals surface area contributed by atoms with Gasteiger partial charge in [-0.25, -0.2) is 0 Å². The SMILES string of the molecule is Cc1oc(-c2ccccc2Cl)cc1C(=O)NC1CCC(C(=O)O)CC1. The standard InChI is InChI=1S/C19H20ClNO4/c1-11-15(10-17(25-11)14-4-2-3-5-16(14)20)18(22)21-13-8-6-12(7-9-13)19(23)24/h2-5,10,12-13H,6-9H2,1H3,(H,21,22)(H,23,24). The summed E-state index contributed by atoms with van der Waals surface area (Å²) in [4.78, 5) is 23.6. The summed E-state index contributed by atoms with van der Waals surface area (Å²) >= 11 is 6.19. The summed E-state index contributed by atoms with van der Waals surface area (Å²) in [7, 11) is 0. The van der Waals surface area contributed by atoms with E-state index < -0.39 is 5.97 Å². The summed E-state index contributed by atoms with van der Waals surface area (Å²) in [5.74, 6) is -0.150. The maximum Gasteiger partial charge on any atom is 0.306 e. The van der Waals surface area contributed by atoms with Crippen molar-refractivity contribution in [3.8, 4) is 11.3 Å². The second kappa shape index (κ2) is 7.31. The Hall–Kier alpha value is -2.27. The minimum Gasteiger partial charge on any atom is -0.481 e. The smallest absolute Gasteiger partial charge is 0.306 e. The zero-order chi connectivity index (χ0) is 18.0. The molecule has 1 aliphatic carbocycles. The molecule has 1 aromatic carbocycles. The molecule has 0 radical (unpaired) electrons. The molecule has 0 saturated heterocycles. The fraction of sp³-hybridized carbons (Fsp3) is 0.368. The molecule has 1 heterocycles. The number of carbonyl (C=O) groups is 2. The number of carbonyl (C=O) groups excluding carboxylic acids is 1. The second-order valence-corrected chi connectivity index (χ2v) is 6.83. The van der Waals surface area contributed by atoms with E-state index in [-0.39, 0.29) is 17.9 Å². The summed E-state index contributed by atoms with van der Waals surface area (Å²) in [6.07, 6.45) is 2.54. The molecule has 3 rings (SSSR count). The first-order valence-electron chi connectivity index (χ1n) is 8.34. The average molecular weight is 362 g/mol. The van der Waals surface area contributed by atoms with Crippen LogP contribution < -0.4 is 5.32 Å². The van der Waals surface area contributed by atoms with Crippen molar-refractivity contribution in [1.82, 2.24) is 5.32 Å². The lowest BCUT2D eigenvalue weighted by Gasteiger charge is -2.26. The predicted octanol–water partition coefficient (Wildman–Crippen LogP) is 4.28. The molecule has 1 aliphatic rings. The molecule has 1 aromatic heterocycles. The van der Waals surface area contributed by atoms with Crippen molar-refractivity contribution in [2.24, 2.45) is 5.92 Å². The Balaban J connectivity index is 1.69. The van der Waals surface area contributed by atoms with Crippen LogP contribution in [0.2, 0.25) is 5.02 Å². The van der Waals surface area contributed by atoms with Crippen molar-refractivity contribution in [2.45, 2.75) is 38.6 Å². The number of carboxylic acids is 1. The van der Waals surface area contributed by atoms with Gasteiger partial charge in [0.2, 0.25) is 0 Å². The van der Waals surface area contributed by atoms with Crippen molar-refractivity contribution >= 4 is 23.5 Å². The Labute approximate surface area is 151 Å². The third kappa shape index (κ3) is 3.87. The first-order chi connectivity index (χ1) is 12.0. The van der Waals surface area contributed by atoms with Gasteiger partial charge in [-0.3, -0.25) is 9.59 Å². The highest BCUT2D eigenvalue weighted by molar-refractivity contribution is 6.33. The van der Waals surface area contributed by atoms with Crippen LogP contribution in [0.4, 0.5) is 0 Å². The van der Waals surface area contributed by atoms with Crippen LogP contribution in [0.25, 0.3) is 11.3 Å². The Bertz CT molecular complexity index is 790. The molecule has 0 spiro atoms. The number of furan rings is 1. The van der Waals surface area contributed by atoms with E-state index in [1.807, 2.05) is 18.2 Å². The highest BCUT2D eigenvalue weighted by Gasteiger charge is 2.27. The van der Waals surface area contributed by atoms with Gasteiger partial charge < -0.3 is 14.8 Å². The number of halogens is 1. The zero-order valence-electron chi connectivity index (χ0n) is 13.9. The van der Waals surface area contributed by atoms with E-state index in [2.05, 4.69) is 5.32 Å². The van der Waals surface area contributed by atoms with Crippen LogP contribution in [-0.2, 0) is 4.79 Å². The number of rotatable bonds is 4. The minimum atomic E-state index is -0.750. The highest BCUT2D eigenvalue weighted by atomic mass is 35.5. The zero-order valence-corrected chi connectivity index (χ0v) is 14.7. The Kier molecular flexibility index (Phi) is 5.13. The van der Waals surface area contributed by atoms with Gasteiger partial charge in [-0.05, 0) is 50.8 Å². The second-order valence-electron chi connectivity index (χ2n) is 6.42. The number of hydrogen-bond donors (Lipinski definition) is 2. The fourth-order valence-corrected chi connectivity index (χ4v) is 3.48. The van der Waals surface area contributed by atoms with E-state index in [9.17, 15) is 9.59 Å². The van der Waals surface area contributed by atoms with E-state index in [1.165, 1.54) is 0 Å². The van der Waals surface area contributed by atoms with Crippen LogP contribution in [-0.4, -0.2) is 23.0 Å². The molecule has 1 amide bonds. The molecule has 2 N–H and O–H groups in total. The van der Waals surface area contributed by atoms with Gasteiger partial charge >= 0.3 is 5.97 Å². The van der Waals surface area contributed by atoms with Gasteiger partial charge in [0, 0.05) is 11.6 Å². The molecule has 0 bridgehead atoms. The molecular weight excluding hydrogens is 342 g/mol. The van der Waals surface area contributed by atoms with Crippen LogP contribution in [0, 0.1) is 12.8 Å². The quantitative estimate of drug-likeness (QED) is 0.851. The van der Waals surface area contributed by atoms with E-state index in [0.717, 1.165) is 5.56 Å². The first kappa shape index (κ1) is 17.5. The fourth-order valence-electron chi connectivity index (χ4n) is 3.25. The molecule has 132 valence electrons. The monoisotopic (exact) mass is 361 g/mol. The van der Waals surface area contributed by atoms with Crippen molar-refractivity contribution in [3.63, 3.8) is 0 Å². The van der Waals surface area contributed by atoms with Gasteiger partial charge in [-0.1, -0.05) is 23.7 Å². The van der Waals surface area contributed by atoms with Gasteiger partial charge in [0.1, 0.15) is 11.5 Å². The summed E-state index contributed by atoms with van der Waals surface area (Å²) in [5.41, 5.74) is 1.23. The van der Waals surface area contributed by atoms with Gasteiger partial charge in [0.25, 0.3) is 5.91 Å². The van der Waals surface area contributed by atoms with Crippen LogP contribution in [0.1, 0.15) is 41.8 Å². The van der Waals surface area contributed by atoms with Crippen LogP contribution >= 0.6 is 11.6 Å². The van der Waals surface area contributed by atoms with Crippen molar-refractivity contribution in [1.29, 1.82) is 0 Å². The number of aliphatic carboxylic acids is 1. The molecule has 1 fully saturated rings. The van der Waals surface area contributed by atoms with Crippen molar-refractivity contribution in [2.75, 3.05) is 0 Å². The number of carboxylic acid groups (broad SMARTS) is 1. The van der Waals surface area contributed by atoms with Gasteiger partial charge in [0.05, 0.1) is 16.5 Å². The molecule has 0 unspecified atom stereocenters. The van der Waals surface area contributed by atoms with E-state index in [4.69, 9.17) is 21.1 Å². The average Bonchev–Trinajstić information content (AvgIpc) is 2.97. The lowest BCUT2D eigenvalue weighted by Crippen LogP contribution is -2.38. The van der Waals surface area contributed by atoms with Crippen LogP contribution in [0.3, 0.4) is 0 Å². The number of nitrogens with one attached hydrogen (secondary N) is 1. The number of amides is 1. The number of aryl methyl sites for hydroxylation is 1. The minimum absolute atomic E-state index is 0.00108. The molecule has 0 aliphatic heterocycles. The summed E-state index contributed by atoms with van der Waals surface area (Å²) in [6.45, 7) is 1.75. The van der Waals surface area contributed by atoms with E-state index in [0.29, 0.717) is 47.8 Å². The van der Waals surface area contributed by atoms with Crippen LogP contribution in [0.15, 0.2) is 34.7 Å². The maximum absolute atomic E-state index is 12.6. The normalized spacial score (nSPS) is 20.2. The molecule has 0 atom stereocenters. The summed E-state index contributed by atoms with van der Waals surface area (Å²) in [5, 5.41) is 12.6. The van der Waals surface area contributed by atoms with E-state index in [1.54, 1.807) is 19.1 Å². The number of benzene rings is 1. The van der Waals surface area contributed by atoms with E-state index >= 15 is 0 Å². The predicted molar refractivity (Wildman–Crippen MR) is 94.7 cm³/mol. The molecule has 1 saturated carbocycles. The first-order valence-corrected chi connectivity index (χ1v) is 8.72. The van der Waals surface area contributed by atoms with Gasteiger partial charge in [-0.15, -0.1) is 0 Å². The number of hydrogen-bond acceptors (Lipinski definition) is 3. The van der Waals surface area contributed by atoms with Crippen molar-refractivity contribution in [3.05, 3.63) is 46.7 Å². The Morgan fingerprint density at radius 3 is 2.52 bits per heavy atom. The molecule has 2 aromatic rings. The summed E-state index contributed by atoms with van der Waals surface area (Å²) < 4.78 is 5.72. The van der Waals surface area contributed by atoms with Gasteiger partial charge in [0.15, 0.2) is 0 Å². The Morgan fingerprint density at radius 2 is 1.88 bits per heavy atom. The third-order valence-corrected chi connectivity index (χ3v) is 5.04. The lowest BCUT2D eigenvalue weighted by atomic mass is 9.86. The molecule has 5 nitrogen and oxygen atoms in total. The molecular formula is C19H20ClNO4. The maximum atomic E-state index is 12.6. The highest BCUT2D eigenvalue weighted by Crippen LogP contribution is 2.31. The van der Waals surface area contributed by atoms with Crippen molar-refractivity contribution < 1.29 is 19.1 Å². The largest absolute Gasteiger partial charge is 0.481 e. The molecule has 6 heteroatoms. The lowest BCUT2D eigenvalue weighted by molar-refractivity contribution is -0.142. The Morgan fingerprint density at radius 1 is 1.20 bits per heavy atom. The topological polar surface area (TPSA) is 79.5 Å².